The first-order chi connectivity index (χ1) is 10.6. The van der Waals surface area contributed by atoms with Crippen molar-refractivity contribution in [3.63, 3.8) is 0 Å². The zero-order valence-corrected chi connectivity index (χ0v) is 13.5. The average molecular weight is 353 g/mol. The van der Waals surface area contributed by atoms with Crippen molar-refractivity contribution >= 4 is 39.9 Å². The normalized spacial score (nSPS) is 12.1. The minimum absolute atomic E-state index is 0.500. The van der Waals surface area contributed by atoms with E-state index in [4.69, 9.17) is 27.6 Å². The summed E-state index contributed by atoms with van der Waals surface area (Å²) in [4.78, 5) is 4.45. The minimum Gasteiger partial charge on any atom is -0.444 e. The van der Waals surface area contributed by atoms with Crippen LogP contribution in [0.4, 0.5) is 5.69 Å². The molecule has 1 unspecified atom stereocenters. The maximum Gasteiger partial charge on any atom is 0.181 e. The molecule has 0 saturated carbocycles. The number of nitrogens with one attached hydrogen (secondary N) is 1. The maximum atomic E-state index is 12.3. The van der Waals surface area contributed by atoms with Crippen molar-refractivity contribution in [3.05, 3.63) is 65.1 Å². The van der Waals surface area contributed by atoms with Crippen molar-refractivity contribution < 1.29 is 8.63 Å². The zero-order chi connectivity index (χ0) is 15.5. The number of anilines is 1. The van der Waals surface area contributed by atoms with E-state index >= 15 is 0 Å². The topological polar surface area (TPSA) is 55.1 Å². The highest BCUT2D eigenvalue weighted by atomic mass is 35.5. The highest BCUT2D eigenvalue weighted by Crippen LogP contribution is 2.28. The van der Waals surface area contributed by atoms with Gasteiger partial charge in [-0.05, 0) is 36.4 Å². The highest BCUT2D eigenvalue weighted by Gasteiger charge is 2.09. The Morgan fingerprint density at radius 2 is 1.95 bits per heavy atom. The van der Waals surface area contributed by atoms with Crippen LogP contribution in [0.25, 0.3) is 11.3 Å². The number of rotatable bonds is 4. The number of halogens is 2. The van der Waals surface area contributed by atoms with Gasteiger partial charge in [-0.2, -0.15) is 0 Å². The summed E-state index contributed by atoms with van der Waals surface area (Å²) in [5, 5.41) is 1.03. The number of aromatic nitrogens is 1. The molecule has 1 N–H and O–H groups in total. The lowest BCUT2D eigenvalue weighted by Crippen LogP contribution is -2.04. The van der Waals surface area contributed by atoms with E-state index in [9.17, 15) is 4.21 Å². The molecule has 0 bridgehead atoms. The molecule has 0 fully saturated rings. The highest BCUT2D eigenvalue weighted by molar-refractivity contribution is 7.86. The second-order valence-corrected chi connectivity index (χ2v) is 6.51. The number of benzene rings is 2. The van der Waals surface area contributed by atoms with E-state index in [1.165, 1.54) is 6.39 Å². The Kier molecular flexibility index (Phi) is 4.47. The minimum atomic E-state index is -1.45. The van der Waals surface area contributed by atoms with Crippen LogP contribution in [-0.4, -0.2) is 9.19 Å². The van der Waals surface area contributed by atoms with E-state index in [2.05, 4.69) is 9.71 Å². The number of oxazole rings is 1. The molecule has 2 aromatic carbocycles. The molecule has 4 nitrogen and oxygen atoms in total. The third kappa shape index (κ3) is 3.50. The second-order valence-electron chi connectivity index (χ2n) is 4.42. The first kappa shape index (κ1) is 15.1. The summed E-state index contributed by atoms with van der Waals surface area (Å²) in [6.07, 6.45) is 2.93. The number of hydrogen-bond acceptors (Lipinski definition) is 3. The molecule has 0 aliphatic rings. The molecule has 0 amide bonds. The van der Waals surface area contributed by atoms with E-state index < -0.39 is 11.0 Å². The quantitative estimate of drug-likeness (QED) is 0.734. The molecule has 0 radical (unpaired) electrons. The van der Waals surface area contributed by atoms with Crippen molar-refractivity contribution in [2.45, 2.75) is 4.90 Å². The van der Waals surface area contributed by atoms with Crippen molar-refractivity contribution in [2.24, 2.45) is 0 Å². The third-order valence-corrected chi connectivity index (χ3v) is 4.39. The van der Waals surface area contributed by atoms with Gasteiger partial charge in [-0.3, -0.25) is 0 Å². The van der Waals surface area contributed by atoms with Gasteiger partial charge in [-0.1, -0.05) is 29.3 Å². The van der Waals surface area contributed by atoms with E-state index in [0.29, 0.717) is 26.4 Å². The summed E-state index contributed by atoms with van der Waals surface area (Å²) >= 11 is 12.0. The zero-order valence-electron chi connectivity index (χ0n) is 11.1. The summed E-state index contributed by atoms with van der Waals surface area (Å²) in [6.45, 7) is 0. The first-order valence-electron chi connectivity index (χ1n) is 6.25. The van der Waals surface area contributed by atoms with Gasteiger partial charge in [0.25, 0.3) is 0 Å². The summed E-state index contributed by atoms with van der Waals surface area (Å²) in [5.74, 6) is 0.582. The van der Waals surface area contributed by atoms with Crippen LogP contribution in [0.15, 0.2) is 64.4 Å². The third-order valence-electron chi connectivity index (χ3n) is 2.84. The van der Waals surface area contributed by atoms with Crippen molar-refractivity contribution in [3.8, 4) is 11.3 Å². The second kappa shape index (κ2) is 6.52. The molecular weight excluding hydrogens is 343 g/mol. The standard InChI is InChI=1S/C15H10Cl2N2O2S/c16-11-2-1-3-14(7-11)22(20)19-13-5-10(4-12(17)6-13)15-8-18-9-21-15/h1-9,19H. The number of hydrogen-bond donors (Lipinski definition) is 1. The SMILES string of the molecule is O=S(Nc1cc(Cl)cc(-c2cnco2)c1)c1cccc(Cl)c1. The Balaban J connectivity index is 1.88. The van der Waals surface area contributed by atoms with Gasteiger partial charge >= 0.3 is 0 Å². The van der Waals surface area contributed by atoms with Gasteiger partial charge in [0.05, 0.1) is 11.1 Å². The van der Waals surface area contributed by atoms with Crippen LogP contribution in [0.2, 0.25) is 10.0 Å². The van der Waals surface area contributed by atoms with Gasteiger partial charge in [0.1, 0.15) is 11.0 Å². The van der Waals surface area contributed by atoms with Gasteiger partial charge in [-0.25, -0.2) is 9.19 Å². The van der Waals surface area contributed by atoms with Crippen LogP contribution in [-0.2, 0) is 11.0 Å². The summed E-state index contributed by atoms with van der Waals surface area (Å²) < 4.78 is 20.5. The fourth-order valence-corrected chi connectivity index (χ4v) is 3.27. The average Bonchev–Trinajstić information content (AvgIpc) is 3.01. The van der Waals surface area contributed by atoms with Gasteiger partial charge in [-0.15, -0.1) is 0 Å². The van der Waals surface area contributed by atoms with Crippen LogP contribution in [0, 0.1) is 0 Å². The summed E-state index contributed by atoms with van der Waals surface area (Å²) in [5.41, 5.74) is 1.35. The van der Waals surface area contributed by atoms with Gasteiger partial charge in [0.15, 0.2) is 12.2 Å². The van der Waals surface area contributed by atoms with Crippen LogP contribution in [0.1, 0.15) is 0 Å². The fraction of sp³-hybridized carbons (Fsp3) is 0. The van der Waals surface area contributed by atoms with Crippen LogP contribution >= 0.6 is 23.2 Å². The Morgan fingerprint density at radius 1 is 1.09 bits per heavy atom. The van der Waals surface area contributed by atoms with Gasteiger partial charge in [0, 0.05) is 21.3 Å². The molecule has 0 aliphatic heterocycles. The largest absolute Gasteiger partial charge is 0.444 e. The molecule has 3 rings (SSSR count). The molecule has 7 heteroatoms. The molecule has 22 heavy (non-hydrogen) atoms. The molecule has 0 aliphatic carbocycles. The Hall–Kier alpha value is -1.82. The Labute approximate surface area is 139 Å². The lowest BCUT2D eigenvalue weighted by Gasteiger charge is -2.08. The van der Waals surface area contributed by atoms with Crippen molar-refractivity contribution in [1.82, 2.24) is 4.98 Å². The molecule has 1 heterocycles. The van der Waals surface area contributed by atoms with Gasteiger partial charge in [0.2, 0.25) is 0 Å². The molecule has 3 aromatic rings. The molecule has 1 aromatic heterocycles. The smallest absolute Gasteiger partial charge is 0.181 e. The lowest BCUT2D eigenvalue weighted by molar-refractivity contribution is 0.572. The predicted molar refractivity (Wildman–Crippen MR) is 88.4 cm³/mol. The lowest BCUT2D eigenvalue weighted by atomic mass is 10.1. The van der Waals surface area contributed by atoms with Crippen molar-refractivity contribution in [1.29, 1.82) is 0 Å². The van der Waals surface area contributed by atoms with E-state index in [1.54, 1.807) is 48.7 Å². The van der Waals surface area contributed by atoms with E-state index in [1.807, 2.05) is 0 Å². The molecule has 0 saturated heterocycles. The van der Waals surface area contributed by atoms with E-state index in [-0.39, 0.29) is 0 Å². The Bertz CT molecular complexity index is 822. The van der Waals surface area contributed by atoms with E-state index in [0.717, 1.165) is 5.56 Å². The van der Waals surface area contributed by atoms with Crippen LogP contribution in [0.3, 0.4) is 0 Å². The van der Waals surface area contributed by atoms with Crippen LogP contribution < -0.4 is 4.72 Å². The molecule has 112 valence electrons. The monoisotopic (exact) mass is 352 g/mol. The molecular formula is C15H10Cl2N2O2S. The fourth-order valence-electron chi connectivity index (χ4n) is 1.90. The first-order valence-corrected chi connectivity index (χ1v) is 8.16. The maximum absolute atomic E-state index is 12.3. The van der Waals surface area contributed by atoms with Crippen molar-refractivity contribution in [2.75, 3.05) is 4.72 Å². The Morgan fingerprint density at radius 3 is 2.68 bits per heavy atom. The molecule has 0 spiro atoms. The summed E-state index contributed by atoms with van der Waals surface area (Å²) in [7, 11) is -1.45. The van der Waals surface area contributed by atoms with Gasteiger partial charge < -0.3 is 9.14 Å². The molecule has 1 atom stereocenters. The predicted octanol–water partition coefficient (Wildman–Crippen LogP) is 4.78. The van der Waals surface area contributed by atoms with Crippen LogP contribution in [0.5, 0.6) is 0 Å². The summed E-state index contributed by atoms with van der Waals surface area (Å²) in [6, 6.07) is 12.1. The number of nitrogens with zero attached hydrogens (tertiary/aromatic N) is 1.